The van der Waals surface area contributed by atoms with E-state index in [0.29, 0.717) is 16.7 Å². The number of anilines is 1. The third-order valence-electron chi connectivity index (χ3n) is 3.66. The summed E-state index contributed by atoms with van der Waals surface area (Å²) in [5.41, 5.74) is 2.92. The van der Waals surface area contributed by atoms with Crippen molar-refractivity contribution in [3.8, 4) is 5.75 Å². The second-order valence-electron chi connectivity index (χ2n) is 5.94. The predicted octanol–water partition coefficient (Wildman–Crippen LogP) is 5.18. The molecule has 0 aromatic heterocycles. The number of carbonyl (C=O) groups excluding carboxylic acids is 1. The molecule has 2 rings (SSSR count). The van der Waals surface area contributed by atoms with E-state index < -0.39 is 6.10 Å². The number of aryl methyl sites for hydroxylation is 1. The van der Waals surface area contributed by atoms with Crippen molar-refractivity contribution in [2.24, 2.45) is 0 Å². The van der Waals surface area contributed by atoms with E-state index in [9.17, 15) is 4.79 Å². The van der Waals surface area contributed by atoms with E-state index in [-0.39, 0.29) is 5.91 Å². The highest BCUT2D eigenvalue weighted by atomic mass is 35.5. The molecule has 2 aromatic carbocycles. The van der Waals surface area contributed by atoms with Crippen LogP contribution in [0.15, 0.2) is 42.5 Å². The summed E-state index contributed by atoms with van der Waals surface area (Å²) in [5.74, 6) is 0.912. The number of nitrogens with one attached hydrogen (secondary N) is 1. The van der Waals surface area contributed by atoms with E-state index in [1.54, 1.807) is 19.1 Å². The fourth-order valence-electron chi connectivity index (χ4n) is 2.14. The monoisotopic (exact) mass is 331 g/mol. The summed E-state index contributed by atoms with van der Waals surface area (Å²) >= 11 is 5.99. The smallest absolute Gasteiger partial charge is 0.265 e. The number of rotatable bonds is 5. The van der Waals surface area contributed by atoms with Crippen LogP contribution in [0, 0.1) is 6.92 Å². The molecule has 3 nitrogen and oxygen atoms in total. The van der Waals surface area contributed by atoms with Crippen LogP contribution < -0.4 is 10.1 Å². The molecule has 0 fully saturated rings. The van der Waals surface area contributed by atoms with Gasteiger partial charge in [0.15, 0.2) is 6.10 Å². The Kier molecular flexibility index (Phi) is 5.67. The van der Waals surface area contributed by atoms with Gasteiger partial charge in [-0.15, -0.1) is 0 Å². The zero-order valence-electron chi connectivity index (χ0n) is 13.9. The summed E-state index contributed by atoms with van der Waals surface area (Å²) in [6, 6.07) is 13.2. The number of ether oxygens (including phenoxy) is 1. The highest BCUT2D eigenvalue weighted by Crippen LogP contribution is 2.22. The Morgan fingerprint density at radius 2 is 1.74 bits per heavy atom. The Morgan fingerprint density at radius 1 is 1.09 bits per heavy atom. The first-order valence-electron chi connectivity index (χ1n) is 7.70. The molecule has 1 amide bonds. The molecule has 4 heteroatoms. The standard InChI is InChI=1S/C19H22ClNO2/c1-12(2)15-5-7-16(8-6-15)21-19(22)14(4)23-17-9-10-18(20)13(3)11-17/h5-12,14H,1-4H3,(H,21,22)/t14-/m1/s1. The number of carbonyl (C=O) groups is 1. The van der Waals surface area contributed by atoms with Crippen LogP contribution in [0.25, 0.3) is 0 Å². The maximum absolute atomic E-state index is 12.2. The van der Waals surface area contributed by atoms with Crippen molar-refractivity contribution in [2.75, 3.05) is 5.32 Å². The van der Waals surface area contributed by atoms with Crippen LogP contribution in [0.1, 0.15) is 37.8 Å². The average Bonchev–Trinajstić information content (AvgIpc) is 2.51. The van der Waals surface area contributed by atoms with Crippen molar-refractivity contribution in [3.05, 3.63) is 58.6 Å². The summed E-state index contributed by atoms with van der Waals surface area (Å²) in [5, 5.41) is 3.54. The van der Waals surface area contributed by atoms with E-state index in [2.05, 4.69) is 19.2 Å². The SMILES string of the molecule is Cc1cc(O[C@H](C)C(=O)Nc2ccc(C(C)C)cc2)ccc1Cl. The molecule has 0 unspecified atom stereocenters. The molecule has 0 aliphatic rings. The summed E-state index contributed by atoms with van der Waals surface area (Å²) in [7, 11) is 0. The fourth-order valence-corrected chi connectivity index (χ4v) is 2.26. The van der Waals surface area contributed by atoms with Gasteiger partial charge in [0.25, 0.3) is 5.91 Å². The van der Waals surface area contributed by atoms with Crippen LogP contribution in [0.4, 0.5) is 5.69 Å². The Labute approximate surface area is 142 Å². The summed E-state index contributed by atoms with van der Waals surface area (Å²) in [6.07, 6.45) is -0.597. The Hall–Kier alpha value is -2.00. The van der Waals surface area contributed by atoms with Gasteiger partial charge in [0.2, 0.25) is 0 Å². The summed E-state index contributed by atoms with van der Waals surface area (Å²) in [6.45, 7) is 7.90. The van der Waals surface area contributed by atoms with Crippen molar-refractivity contribution >= 4 is 23.2 Å². The average molecular weight is 332 g/mol. The molecule has 1 N–H and O–H groups in total. The Bertz CT molecular complexity index is 680. The van der Waals surface area contributed by atoms with Gasteiger partial charge in [0.05, 0.1) is 0 Å². The van der Waals surface area contributed by atoms with Gasteiger partial charge in [0.1, 0.15) is 5.75 Å². The first kappa shape index (κ1) is 17.4. The van der Waals surface area contributed by atoms with Crippen LogP contribution in [0.2, 0.25) is 5.02 Å². The molecule has 0 aliphatic heterocycles. The molecule has 0 saturated carbocycles. The predicted molar refractivity (Wildman–Crippen MR) is 95.4 cm³/mol. The molecular formula is C19H22ClNO2. The number of benzene rings is 2. The number of halogens is 1. The van der Waals surface area contributed by atoms with Crippen molar-refractivity contribution in [1.29, 1.82) is 0 Å². The lowest BCUT2D eigenvalue weighted by molar-refractivity contribution is -0.122. The van der Waals surface area contributed by atoms with Crippen molar-refractivity contribution in [3.63, 3.8) is 0 Å². The topological polar surface area (TPSA) is 38.3 Å². The molecule has 0 heterocycles. The van der Waals surface area contributed by atoms with Crippen LogP contribution in [-0.4, -0.2) is 12.0 Å². The Balaban J connectivity index is 1.97. The zero-order chi connectivity index (χ0) is 17.0. The molecule has 1 atom stereocenters. The first-order chi connectivity index (χ1) is 10.9. The van der Waals surface area contributed by atoms with Gasteiger partial charge in [0, 0.05) is 10.7 Å². The minimum Gasteiger partial charge on any atom is -0.481 e. The van der Waals surface area contributed by atoms with Crippen molar-refractivity contribution < 1.29 is 9.53 Å². The largest absolute Gasteiger partial charge is 0.481 e. The van der Waals surface area contributed by atoms with Gasteiger partial charge in [-0.1, -0.05) is 37.6 Å². The van der Waals surface area contributed by atoms with E-state index >= 15 is 0 Å². The van der Waals surface area contributed by atoms with Crippen LogP contribution in [0.5, 0.6) is 5.75 Å². The van der Waals surface area contributed by atoms with Crippen LogP contribution in [0.3, 0.4) is 0 Å². The number of hydrogen-bond donors (Lipinski definition) is 1. The van der Waals surface area contributed by atoms with Gasteiger partial charge < -0.3 is 10.1 Å². The second-order valence-corrected chi connectivity index (χ2v) is 6.34. The molecule has 23 heavy (non-hydrogen) atoms. The highest BCUT2D eigenvalue weighted by Gasteiger charge is 2.15. The third kappa shape index (κ3) is 4.73. The molecule has 2 aromatic rings. The van der Waals surface area contributed by atoms with E-state index in [4.69, 9.17) is 16.3 Å². The zero-order valence-corrected chi connectivity index (χ0v) is 14.6. The summed E-state index contributed by atoms with van der Waals surface area (Å²) in [4.78, 5) is 12.2. The second kappa shape index (κ2) is 7.51. The third-order valence-corrected chi connectivity index (χ3v) is 4.08. The molecule has 0 radical (unpaired) electrons. The highest BCUT2D eigenvalue weighted by molar-refractivity contribution is 6.31. The Morgan fingerprint density at radius 3 is 2.30 bits per heavy atom. The maximum Gasteiger partial charge on any atom is 0.265 e. The molecule has 122 valence electrons. The van der Waals surface area contributed by atoms with Crippen LogP contribution >= 0.6 is 11.6 Å². The van der Waals surface area contributed by atoms with E-state index in [1.807, 2.05) is 37.3 Å². The van der Waals surface area contributed by atoms with Crippen molar-refractivity contribution in [2.45, 2.75) is 39.7 Å². The number of amides is 1. The lowest BCUT2D eigenvalue weighted by Gasteiger charge is -2.16. The fraction of sp³-hybridized carbons (Fsp3) is 0.316. The normalized spacial score (nSPS) is 12.1. The van der Waals surface area contributed by atoms with Gasteiger partial charge >= 0.3 is 0 Å². The molecule has 0 spiro atoms. The molecular weight excluding hydrogens is 310 g/mol. The first-order valence-corrected chi connectivity index (χ1v) is 8.08. The maximum atomic E-state index is 12.2. The van der Waals surface area contributed by atoms with Gasteiger partial charge in [-0.25, -0.2) is 0 Å². The van der Waals surface area contributed by atoms with E-state index in [0.717, 1.165) is 11.3 Å². The lowest BCUT2D eigenvalue weighted by Crippen LogP contribution is -2.30. The van der Waals surface area contributed by atoms with Crippen LogP contribution in [-0.2, 0) is 4.79 Å². The minimum absolute atomic E-state index is 0.185. The molecule has 0 bridgehead atoms. The molecule has 0 saturated heterocycles. The van der Waals surface area contributed by atoms with E-state index in [1.165, 1.54) is 5.56 Å². The molecule has 0 aliphatic carbocycles. The van der Waals surface area contributed by atoms with Gasteiger partial charge in [-0.3, -0.25) is 4.79 Å². The summed E-state index contributed by atoms with van der Waals surface area (Å²) < 4.78 is 5.68. The van der Waals surface area contributed by atoms with Gasteiger partial charge in [-0.05, 0) is 61.2 Å². The van der Waals surface area contributed by atoms with Gasteiger partial charge in [-0.2, -0.15) is 0 Å². The minimum atomic E-state index is -0.597. The quantitative estimate of drug-likeness (QED) is 0.820. The number of hydrogen-bond acceptors (Lipinski definition) is 2. The van der Waals surface area contributed by atoms with Crippen molar-refractivity contribution in [1.82, 2.24) is 0 Å². The lowest BCUT2D eigenvalue weighted by atomic mass is 10.0.